The minimum Gasteiger partial charge on any atom is -0.454 e. The molecule has 0 radical (unpaired) electrons. The molecule has 5 nitrogen and oxygen atoms in total. The number of likely N-dealkylation sites (N-methyl/N-ethyl adjacent to an activating group) is 1. The average Bonchev–Trinajstić information content (AvgIpc) is 3.03. The first-order valence-electron chi connectivity index (χ1n) is 7.82. The van der Waals surface area contributed by atoms with Gasteiger partial charge in [0, 0.05) is 43.3 Å². The van der Waals surface area contributed by atoms with Crippen LogP contribution in [0, 0.1) is 0 Å². The zero-order valence-corrected chi connectivity index (χ0v) is 13.5. The van der Waals surface area contributed by atoms with E-state index in [-0.39, 0.29) is 0 Å². The number of hydrogen-bond acceptors (Lipinski definition) is 5. The molecule has 0 aliphatic carbocycles. The molecule has 23 heavy (non-hydrogen) atoms. The molecule has 3 rings (SSSR count). The summed E-state index contributed by atoms with van der Waals surface area (Å²) in [4.78, 5) is 2.18. The van der Waals surface area contributed by atoms with Crippen LogP contribution in [0.25, 0.3) is 0 Å². The summed E-state index contributed by atoms with van der Waals surface area (Å²) in [7, 11) is 2.07. The van der Waals surface area contributed by atoms with E-state index in [4.69, 9.17) is 14.2 Å². The van der Waals surface area contributed by atoms with Crippen LogP contribution in [0.5, 0.6) is 11.5 Å². The number of anilines is 3. The summed E-state index contributed by atoms with van der Waals surface area (Å²) in [5.41, 5.74) is 3.18. The van der Waals surface area contributed by atoms with Gasteiger partial charge in [0.05, 0.1) is 6.61 Å². The molecule has 1 aliphatic rings. The molecule has 1 heterocycles. The molecule has 5 heteroatoms. The molecule has 0 saturated carbocycles. The van der Waals surface area contributed by atoms with Crippen LogP contribution in [0.3, 0.4) is 0 Å². The van der Waals surface area contributed by atoms with Gasteiger partial charge in [0.1, 0.15) is 0 Å². The SMILES string of the molecule is CCOCCN(C)c1ccc(Nc2ccc3c(c2)OCO3)cc1. The molecule has 0 amide bonds. The highest BCUT2D eigenvalue weighted by molar-refractivity contribution is 5.65. The predicted molar refractivity (Wildman–Crippen MR) is 92.1 cm³/mol. The highest BCUT2D eigenvalue weighted by atomic mass is 16.7. The molecule has 2 aromatic carbocycles. The fraction of sp³-hybridized carbons (Fsp3) is 0.333. The zero-order valence-electron chi connectivity index (χ0n) is 13.5. The Labute approximate surface area is 136 Å². The minimum absolute atomic E-state index is 0.293. The lowest BCUT2D eigenvalue weighted by molar-refractivity contribution is 0.154. The number of fused-ring (bicyclic) bond motifs is 1. The van der Waals surface area contributed by atoms with Gasteiger partial charge in [0.15, 0.2) is 11.5 Å². The van der Waals surface area contributed by atoms with Crippen LogP contribution in [-0.2, 0) is 4.74 Å². The molecule has 0 fully saturated rings. The van der Waals surface area contributed by atoms with E-state index in [1.54, 1.807) is 0 Å². The highest BCUT2D eigenvalue weighted by Crippen LogP contribution is 2.35. The fourth-order valence-corrected chi connectivity index (χ4v) is 2.42. The van der Waals surface area contributed by atoms with E-state index in [2.05, 4.69) is 41.5 Å². The minimum atomic E-state index is 0.293. The van der Waals surface area contributed by atoms with Crippen molar-refractivity contribution < 1.29 is 14.2 Å². The second-order valence-electron chi connectivity index (χ2n) is 5.36. The number of rotatable bonds is 7. The predicted octanol–water partition coefficient (Wildman–Crippen LogP) is 3.63. The van der Waals surface area contributed by atoms with Crippen molar-refractivity contribution >= 4 is 17.1 Å². The zero-order chi connectivity index (χ0) is 16.1. The van der Waals surface area contributed by atoms with Gasteiger partial charge >= 0.3 is 0 Å². The normalized spacial score (nSPS) is 12.3. The van der Waals surface area contributed by atoms with E-state index in [0.717, 1.165) is 42.6 Å². The Morgan fingerprint density at radius 3 is 2.57 bits per heavy atom. The summed E-state index contributed by atoms with van der Waals surface area (Å²) < 4.78 is 16.1. The van der Waals surface area contributed by atoms with Crippen molar-refractivity contribution in [2.24, 2.45) is 0 Å². The summed E-state index contributed by atoms with van der Waals surface area (Å²) in [5.74, 6) is 1.57. The van der Waals surface area contributed by atoms with Crippen LogP contribution in [0.15, 0.2) is 42.5 Å². The van der Waals surface area contributed by atoms with E-state index in [9.17, 15) is 0 Å². The standard InChI is InChI=1S/C18H22N2O3/c1-3-21-11-10-20(2)16-7-4-14(5-8-16)19-15-6-9-17-18(12-15)23-13-22-17/h4-9,12,19H,3,10-11,13H2,1-2H3. The number of hydrogen-bond donors (Lipinski definition) is 1. The van der Waals surface area contributed by atoms with Crippen LogP contribution >= 0.6 is 0 Å². The molecular formula is C18H22N2O3. The van der Waals surface area contributed by atoms with Crippen molar-refractivity contribution in [3.63, 3.8) is 0 Å². The third-order valence-electron chi connectivity index (χ3n) is 3.74. The summed E-state index contributed by atoms with van der Waals surface area (Å²) in [6.07, 6.45) is 0. The first kappa shape index (κ1) is 15.5. The van der Waals surface area contributed by atoms with E-state index in [1.807, 2.05) is 25.1 Å². The Morgan fingerprint density at radius 1 is 1.04 bits per heavy atom. The smallest absolute Gasteiger partial charge is 0.231 e. The van der Waals surface area contributed by atoms with E-state index >= 15 is 0 Å². The van der Waals surface area contributed by atoms with Gasteiger partial charge < -0.3 is 24.4 Å². The maximum atomic E-state index is 5.39. The maximum Gasteiger partial charge on any atom is 0.231 e. The summed E-state index contributed by atoms with van der Waals surface area (Å²) >= 11 is 0. The first-order chi connectivity index (χ1) is 11.3. The topological polar surface area (TPSA) is 43.0 Å². The molecule has 0 aromatic heterocycles. The lowest BCUT2D eigenvalue weighted by Gasteiger charge is -2.19. The molecule has 0 spiro atoms. The number of nitrogens with one attached hydrogen (secondary N) is 1. The van der Waals surface area contributed by atoms with E-state index in [0.29, 0.717) is 6.79 Å². The van der Waals surface area contributed by atoms with Gasteiger partial charge in [0.25, 0.3) is 0 Å². The first-order valence-corrected chi connectivity index (χ1v) is 7.82. The van der Waals surface area contributed by atoms with Crippen molar-refractivity contribution in [1.29, 1.82) is 0 Å². The Morgan fingerprint density at radius 2 is 1.78 bits per heavy atom. The number of ether oxygens (including phenoxy) is 3. The van der Waals surface area contributed by atoms with Gasteiger partial charge in [-0.25, -0.2) is 0 Å². The molecular weight excluding hydrogens is 292 g/mol. The van der Waals surface area contributed by atoms with Gasteiger partial charge in [-0.15, -0.1) is 0 Å². The van der Waals surface area contributed by atoms with Gasteiger partial charge in [0.2, 0.25) is 6.79 Å². The Balaban J connectivity index is 1.61. The van der Waals surface area contributed by atoms with Gasteiger partial charge in [-0.05, 0) is 43.3 Å². The third-order valence-corrected chi connectivity index (χ3v) is 3.74. The van der Waals surface area contributed by atoms with Crippen LogP contribution in [0.4, 0.5) is 17.1 Å². The molecule has 0 saturated heterocycles. The number of nitrogens with zero attached hydrogens (tertiary/aromatic N) is 1. The van der Waals surface area contributed by atoms with Crippen molar-refractivity contribution in [3.05, 3.63) is 42.5 Å². The number of benzene rings is 2. The Hall–Kier alpha value is -2.40. The van der Waals surface area contributed by atoms with Crippen LogP contribution in [0.2, 0.25) is 0 Å². The lowest BCUT2D eigenvalue weighted by Crippen LogP contribution is -2.22. The van der Waals surface area contributed by atoms with Crippen LogP contribution in [0.1, 0.15) is 6.92 Å². The average molecular weight is 314 g/mol. The molecule has 1 N–H and O–H groups in total. The molecule has 0 atom stereocenters. The molecule has 1 aliphatic heterocycles. The van der Waals surface area contributed by atoms with E-state index < -0.39 is 0 Å². The van der Waals surface area contributed by atoms with Gasteiger partial charge in [-0.3, -0.25) is 0 Å². The van der Waals surface area contributed by atoms with Crippen molar-refractivity contribution in [2.45, 2.75) is 6.92 Å². The molecule has 0 bridgehead atoms. The maximum absolute atomic E-state index is 5.39. The van der Waals surface area contributed by atoms with Gasteiger partial charge in [-0.2, -0.15) is 0 Å². The van der Waals surface area contributed by atoms with Crippen molar-refractivity contribution in [1.82, 2.24) is 0 Å². The third kappa shape index (κ3) is 3.87. The quantitative estimate of drug-likeness (QED) is 0.791. The van der Waals surface area contributed by atoms with Crippen LogP contribution in [-0.4, -0.2) is 33.6 Å². The van der Waals surface area contributed by atoms with Crippen LogP contribution < -0.4 is 19.7 Å². The lowest BCUT2D eigenvalue weighted by atomic mass is 10.2. The van der Waals surface area contributed by atoms with Crippen molar-refractivity contribution in [2.75, 3.05) is 43.8 Å². The second-order valence-corrected chi connectivity index (χ2v) is 5.36. The molecule has 2 aromatic rings. The highest BCUT2D eigenvalue weighted by Gasteiger charge is 2.13. The molecule has 122 valence electrons. The van der Waals surface area contributed by atoms with Gasteiger partial charge in [-0.1, -0.05) is 0 Å². The van der Waals surface area contributed by atoms with E-state index in [1.165, 1.54) is 5.69 Å². The monoisotopic (exact) mass is 314 g/mol. The largest absolute Gasteiger partial charge is 0.454 e. The summed E-state index contributed by atoms with van der Waals surface area (Å²) in [6, 6.07) is 14.2. The Kier molecular flexibility index (Phi) is 4.88. The fourth-order valence-electron chi connectivity index (χ4n) is 2.42. The summed E-state index contributed by atoms with van der Waals surface area (Å²) in [6.45, 7) is 4.68. The molecule has 0 unspecified atom stereocenters. The Bertz CT molecular complexity index is 643. The summed E-state index contributed by atoms with van der Waals surface area (Å²) in [5, 5.41) is 3.37. The second kappa shape index (κ2) is 7.24. The van der Waals surface area contributed by atoms with Crippen molar-refractivity contribution in [3.8, 4) is 11.5 Å².